The van der Waals surface area contributed by atoms with Gasteiger partial charge in [-0.1, -0.05) is 108 Å². The molecule has 1 atom stereocenters. The monoisotopic (exact) mass is 490 g/mol. The van der Waals surface area contributed by atoms with Gasteiger partial charge in [-0.15, -0.1) is 0 Å². The Labute approximate surface area is 210 Å². The second kappa shape index (κ2) is 10.4. The molecule has 1 unspecified atom stereocenters. The fourth-order valence-electron chi connectivity index (χ4n) is 4.82. The van der Waals surface area contributed by atoms with E-state index in [9.17, 15) is 15.0 Å². The molecule has 0 bridgehead atoms. The van der Waals surface area contributed by atoms with Gasteiger partial charge in [0.1, 0.15) is 5.75 Å². The Kier molecular flexibility index (Phi) is 7.92. The molecule has 0 aliphatic heterocycles. The van der Waals surface area contributed by atoms with E-state index in [1.165, 1.54) is 10.4 Å². The summed E-state index contributed by atoms with van der Waals surface area (Å²) >= 11 is 0. The Bertz CT molecular complexity index is 1090. The van der Waals surface area contributed by atoms with Gasteiger partial charge >= 0.3 is 14.3 Å². The number of benzene rings is 3. The van der Waals surface area contributed by atoms with Crippen molar-refractivity contribution in [1.29, 1.82) is 0 Å². The van der Waals surface area contributed by atoms with Crippen LogP contribution in [-0.2, 0) is 17.8 Å². The van der Waals surface area contributed by atoms with Gasteiger partial charge in [-0.25, -0.2) is 0 Å². The van der Waals surface area contributed by atoms with E-state index in [0.29, 0.717) is 17.7 Å². The maximum Gasteiger partial charge on any atom is 0.319 e. The van der Waals surface area contributed by atoms with E-state index in [2.05, 4.69) is 69.3 Å². The molecule has 0 fully saturated rings. The van der Waals surface area contributed by atoms with Crippen LogP contribution >= 0.6 is 0 Å². The van der Waals surface area contributed by atoms with Crippen molar-refractivity contribution in [3.05, 3.63) is 90.0 Å². The quantitative estimate of drug-likeness (QED) is 0.415. The summed E-state index contributed by atoms with van der Waals surface area (Å²) in [5.74, 6) is -0.694. The highest BCUT2D eigenvalue weighted by molar-refractivity contribution is 7.00. The molecule has 0 spiro atoms. The van der Waals surface area contributed by atoms with Gasteiger partial charge in [-0.3, -0.25) is 4.79 Å². The highest BCUT2D eigenvalue weighted by Gasteiger charge is 2.52. The lowest BCUT2D eigenvalue weighted by atomic mass is 9.76. The Hall–Kier alpha value is -2.89. The lowest BCUT2D eigenvalue weighted by Gasteiger charge is -2.43. The molecule has 186 valence electrons. The third-order valence-corrected chi connectivity index (χ3v) is 11.8. The minimum atomic E-state index is -2.80. The molecule has 0 aliphatic carbocycles. The molecule has 35 heavy (non-hydrogen) atoms. The van der Waals surface area contributed by atoms with Gasteiger partial charge in [0, 0.05) is 0 Å². The maximum absolute atomic E-state index is 11.9. The van der Waals surface area contributed by atoms with Gasteiger partial charge in [-0.2, -0.15) is 0 Å². The van der Waals surface area contributed by atoms with Crippen molar-refractivity contribution >= 4 is 24.7 Å². The summed E-state index contributed by atoms with van der Waals surface area (Å²) in [6, 6.07) is 26.5. The van der Waals surface area contributed by atoms with E-state index in [1.54, 1.807) is 0 Å². The molecule has 0 aromatic heterocycles. The summed E-state index contributed by atoms with van der Waals surface area (Å²) in [6.07, 6.45) is 0.355. The predicted octanol–water partition coefficient (Wildman–Crippen LogP) is 5.41. The smallest absolute Gasteiger partial charge is 0.319 e. The van der Waals surface area contributed by atoms with Crippen molar-refractivity contribution in [3.63, 3.8) is 0 Å². The number of rotatable bonds is 8. The Morgan fingerprint density at radius 1 is 0.829 bits per heavy atom. The number of aliphatic carboxylic acids is 1. The SMILES string of the molecule is CC(C)(C)C(Cc1ccc(O[Si](c2ccccc2)(c2ccccc2)C(C)(C)C)cc1CO)C(=O)O. The van der Waals surface area contributed by atoms with Crippen LogP contribution in [0.3, 0.4) is 0 Å². The van der Waals surface area contributed by atoms with Crippen LogP contribution in [0.15, 0.2) is 78.9 Å². The van der Waals surface area contributed by atoms with Crippen molar-refractivity contribution in [3.8, 4) is 5.75 Å². The van der Waals surface area contributed by atoms with Gasteiger partial charge in [0.15, 0.2) is 0 Å². The third-order valence-electron chi connectivity index (χ3n) is 6.80. The third kappa shape index (κ3) is 5.68. The average Bonchev–Trinajstić information content (AvgIpc) is 2.80. The molecule has 3 aromatic carbocycles. The molecule has 3 rings (SSSR count). The van der Waals surface area contributed by atoms with E-state index in [-0.39, 0.29) is 11.6 Å². The van der Waals surface area contributed by atoms with Crippen LogP contribution in [0.5, 0.6) is 5.75 Å². The zero-order valence-electron chi connectivity index (χ0n) is 21.7. The molecule has 2 N–H and O–H groups in total. The predicted molar refractivity (Wildman–Crippen MR) is 145 cm³/mol. The first-order valence-corrected chi connectivity index (χ1v) is 14.1. The van der Waals surface area contributed by atoms with E-state index in [0.717, 1.165) is 5.56 Å². The molecule has 0 heterocycles. The zero-order chi connectivity index (χ0) is 25.9. The second-order valence-electron chi connectivity index (χ2n) is 11.3. The van der Waals surface area contributed by atoms with Crippen LogP contribution in [0, 0.1) is 11.3 Å². The number of carbonyl (C=O) groups is 1. The average molecular weight is 491 g/mol. The molecule has 0 aliphatic rings. The number of carboxylic acids is 1. The van der Waals surface area contributed by atoms with Crippen LogP contribution in [0.1, 0.15) is 52.7 Å². The summed E-state index contributed by atoms with van der Waals surface area (Å²) in [7, 11) is -2.80. The first kappa shape index (κ1) is 26.7. The van der Waals surface area contributed by atoms with Crippen molar-refractivity contribution in [2.75, 3.05) is 0 Å². The number of hydrogen-bond acceptors (Lipinski definition) is 3. The van der Waals surface area contributed by atoms with Crippen LogP contribution < -0.4 is 14.8 Å². The Morgan fingerprint density at radius 3 is 1.74 bits per heavy atom. The minimum absolute atomic E-state index is 0.177. The molecular weight excluding hydrogens is 452 g/mol. The fraction of sp³-hybridized carbons (Fsp3) is 0.367. The summed E-state index contributed by atoms with van der Waals surface area (Å²) in [4.78, 5) is 11.9. The van der Waals surface area contributed by atoms with Crippen LogP contribution in [0.2, 0.25) is 5.04 Å². The van der Waals surface area contributed by atoms with Crippen LogP contribution in [-0.4, -0.2) is 24.5 Å². The van der Waals surface area contributed by atoms with E-state index in [1.807, 2.05) is 51.1 Å². The molecule has 0 saturated heterocycles. The van der Waals surface area contributed by atoms with Gasteiger partial charge < -0.3 is 14.6 Å². The highest BCUT2D eigenvalue weighted by Crippen LogP contribution is 2.38. The molecule has 0 amide bonds. The molecule has 0 radical (unpaired) electrons. The molecular formula is C30H38O4Si. The number of aliphatic hydroxyl groups excluding tert-OH is 1. The summed E-state index contributed by atoms with van der Waals surface area (Å²) in [5, 5.41) is 22.2. The van der Waals surface area contributed by atoms with E-state index in [4.69, 9.17) is 4.43 Å². The largest absolute Gasteiger partial charge is 0.534 e. The maximum atomic E-state index is 11.9. The lowest BCUT2D eigenvalue weighted by molar-refractivity contribution is -0.145. The second-order valence-corrected chi connectivity index (χ2v) is 15.5. The molecule has 5 heteroatoms. The van der Waals surface area contributed by atoms with Crippen LogP contribution in [0.25, 0.3) is 0 Å². The first-order valence-electron chi connectivity index (χ1n) is 12.2. The van der Waals surface area contributed by atoms with Crippen molar-refractivity contribution in [1.82, 2.24) is 0 Å². The molecule has 0 saturated carbocycles. The van der Waals surface area contributed by atoms with Gasteiger partial charge in [0.25, 0.3) is 0 Å². The zero-order valence-corrected chi connectivity index (χ0v) is 22.7. The number of carboxylic acid groups (broad SMARTS) is 1. The van der Waals surface area contributed by atoms with Crippen molar-refractivity contribution in [2.24, 2.45) is 11.3 Å². The van der Waals surface area contributed by atoms with Gasteiger partial charge in [-0.05, 0) is 50.5 Å². The standard InChI is InChI=1S/C30H38O4Si/c1-29(2,3)27(28(32)33)20-22-17-18-24(19-23(22)21-31)34-35(30(4,5)6,25-13-9-7-10-14-25)26-15-11-8-12-16-26/h7-19,27,31H,20-21H2,1-6H3,(H,32,33). The van der Waals surface area contributed by atoms with Crippen molar-refractivity contribution < 1.29 is 19.4 Å². The van der Waals surface area contributed by atoms with Gasteiger partial charge in [0.05, 0.1) is 12.5 Å². The number of aliphatic hydroxyl groups is 1. The van der Waals surface area contributed by atoms with Gasteiger partial charge in [0.2, 0.25) is 0 Å². The summed E-state index contributed by atoms with van der Waals surface area (Å²) in [6.45, 7) is 12.3. The summed E-state index contributed by atoms with van der Waals surface area (Å²) in [5.41, 5.74) is 1.14. The Morgan fingerprint density at radius 2 is 1.34 bits per heavy atom. The summed E-state index contributed by atoms with van der Waals surface area (Å²) < 4.78 is 7.07. The van der Waals surface area contributed by atoms with Crippen molar-refractivity contribution in [2.45, 2.75) is 59.6 Å². The molecule has 3 aromatic rings. The van der Waals surface area contributed by atoms with Crippen LogP contribution in [0.4, 0.5) is 0 Å². The molecule has 4 nitrogen and oxygen atoms in total. The van der Waals surface area contributed by atoms with E-state index < -0.39 is 25.6 Å². The highest BCUT2D eigenvalue weighted by atomic mass is 28.4. The fourth-order valence-corrected chi connectivity index (χ4v) is 9.23. The van der Waals surface area contributed by atoms with E-state index >= 15 is 0 Å². The minimum Gasteiger partial charge on any atom is -0.534 e. The first-order chi connectivity index (χ1) is 16.4. The topological polar surface area (TPSA) is 66.8 Å². The normalized spacial score (nSPS) is 13.3. The number of hydrogen-bond donors (Lipinski definition) is 2. The Balaban J connectivity index is 2.12. The lowest BCUT2D eigenvalue weighted by Crippen LogP contribution is -2.68.